The van der Waals surface area contributed by atoms with E-state index in [0.29, 0.717) is 17.2 Å². The molecule has 8 heteroatoms. The summed E-state index contributed by atoms with van der Waals surface area (Å²) in [5.41, 5.74) is 1.28. The summed E-state index contributed by atoms with van der Waals surface area (Å²) in [6.07, 6.45) is 2.91. The number of carbonyl (C=O) groups excluding carboxylic acids is 3. The second-order valence-corrected chi connectivity index (χ2v) is 5.58. The van der Waals surface area contributed by atoms with E-state index in [-0.39, 0.29) is 16.7 Å². The van der Waals surface area contributed by atoms with Gasteiger partial charge in [-0.3, -0.25) is 9.59 Å². The first-order chi connectivity index (χ1) is 12.6. The molecule has 8 nitrogen and oxygen atoms in total. The van der Waals surface area contributed by atoms with Crippen LogP contribution in [0.1, 0.15) is 36.6 Å². The third-order valence-corrected chi connectivity index (χ3v) is 3.97. The highest BCUT2D eigenvalue weighted by molar-refractivity contribution is 6.21. The summed E-state index contributed by atoms with van der Waals surface area (Å²) < 4.78 is 1.55. The monoisotopic (exact) mass is 348 g/mol. The number of aromatic nitrogens is 3. The van der Waals surface area contributed by atoms with Gasteiger partial charge in [0.1, 0.15) is 12.7 Å². The van der Waals surface area contributed by atoms with Gasteiger partial charge in [-0.15, -0.1) is 0 Å². The lowest BCUT2D eigenvalue weighted by atomic mass is 10.1. The van der Waals surface area contributed by atoms with Crippen molar-refractivity contribution < 1.29 is 19.2 Å². The molecule has 1 aromatic heterocycles. The highest BCUT2D eigenvalue weighted by Crippen LogP contribution is 2.24. The fourth-order valence-corrected chi connectivity index (χ4v) is 2.73. The van der Waals surface area contributed by atoms with Gasteiger partial charge >= 0.3 is 5.97 Å². The lowest BCUT2D eigenvalue weighted by molar-refractivity contribution is -0.0585. The van der Waals surface area contributed by atoms with E-state index >= 15 is 0 Å². The molecule has 0 saturated carbocycles. The molecule has 26 heavy (non-hydrogen) atoms. The van der Waals surface area contributed by atoms with E-state index < -0.39 is 17.8 Å². The van der Waals surface area contributed by atoms with Crippen molar-refractivity contribution in [3.8, 4) is 0 Å². The molecule has 2 heterocycles. The second-order valence-electron chi connectivity index (χ2n) is 5.58. The molecule has 0 N–H and O–H groups in total. The average molecular weight is 348 g/mol. The predicted molar refractivity (Wildman–Crippen MR) is 87.9 cm³/mol. The van der Waals surface area contributed by atoms with Gasteiger partial charge in [-0.2, -0.15) is 5.10 Å². The number of carbonyl (C=O) groups is 3. The summed E-state index contributed by atoms with van der Waals surface area (Å²) in [6.45, 7) is 0.299. The molecule has 2 amide bonds. The zero-order valence-corrected chi connectivity index (χ0v) is 13.4. The van der Waals surface area contributed by atoms with E-state index in [1.807, 2.05) is 0 Å². The average Bonchev–Trinajstić information content (AvgIpc) is 3.25. The summed E-state index contributed by atoms with van der Waals surface area (Å²) in [5, 5.41) is 4.50. The first-order valence-corrected chi connectivity index (χ1v) is 7.75. The fraction of sp³-hybridized carbons (Fsp3) is 0.0556. The summed E-state index contributed by atoms with van der Waals surface area (Å²) in [7, 11) is 0. The number of hydrogen-bond donors (Lipinski definition) is 0. The molecule has 0 spiro atoms. The lowest BCUT2D eigenvalue weighted by Gasteiger charge is -2.14. The molecule has 0 atom stereocenters. The number of fused-ring (bicyclic) bond motifs is 1. The maximum Gasteiger partial charge on any atom is 0.364 e. The Kier molecular flexibility index (Phi) is 3.77. The molecule has 0 unspecified atom stereocenters. The first kappa shape index (κ1) is 15.7. The Labute approximate surface area is 147 Å². The summed E-state index contributed by atoms with van der Waals surface area (Å²) in [6, 6.07) is 13.1. The molecule has 0 fully saturated rings. The van der Waals surface area contributed by atoms with Gasteiger partial charge in [0.2, 0.25) is 0 Å². The topological polar surface area (TPSA) is 94.4 Å². The van der Waals surface area contributed by atoms with Crippen molar-refractivity contribution in [3.05, 3.63) is 83.4 Å². The highest BCUT2D eigenvalue weighted by atomic mass is 16.7. The Morgan fingerprint density at radius 1 is 0.962 bits per heavy atom. The molecule has 0 radical (unpaired) electrons. The summed E-state index contributed by atoms with van der Waals surface area (Å²) >= 11 is 0. The van der Waals surface area contributed by atoms with Crippen LogP contribution in [-0.2, 0) is 11.4 Å². The third-order valence-electron chi connectivity index (χ3n) is 3.97. The smallest absolute Gasteiger partial charge is 0.324 e. The maximum absolute atomic E-state index is 12.6. The molecule has 0 saturated heterocycles. The van der Waals surface area contributed by atoms with Crippen LogP contribution in [0, 0.1) is 0 Å². The minimum atomic E-state index is -0.796. The van der Waals surface area contributed by atoms with Crippen molar-refractivity contribution in [1.29, 1.82) is 0 Å². The fourth-order valence-electron chi connectivity index (χ4n) is 2.73. The van der Waals surface area contributed by atoms with Crippen LogP contribution in [0.4, 0.5) is 0 Å². The number of imide groups is 1. The van der Waals surface area contributed by atoms with Crippen LogP contribution in [0.25, 0.3) is 0 Å². The predicted octanol–water partition coefficient (Wildman–Crippen LogP) is 1.69. The Morgan fingerprint density at radius 2 is 1.62 bits per heavy atom. The second kappa shape index (κ2) is 6.25. The zero-order valence-electron chi connectivity index (χ0n) is 13.4. The standard InChI is InChI=1S/C18H12N4O4/c23-16-14-7-3-4-8-15(14)17(24)22(16)26-18(25)13-6-2-1-5-12(13)9-21-11-19-10-20-21/h1-8,10-11H,9H2. The van der Waals surface area contributed by atoms with Gasteiger partial charge in [0.15, 0.2) is 0 Å². The van der Waals surface area contributed by atoms with E-state index in [9.17, 15) is 14.4 Å². The normalized spacial score (nSPS) is 13.0. The van der Waals surface area contributed by atoms with Crippen LogP contribution in [0.2, 0.25) is 0 Å². The first-order valence-electron chi connectivity index (χ1n) is 7.75. The molecular formula is C18H12N4O4. The zero-order chi connectivity index (χ0) is 18.1. The van der Waals surface area contributed by atoms with E-state index in [0.717, 1.165) is 0 Å². The van der Waals surface area contributed by atoms with Crippen LogP contribution < -0.4 is 0 Å². The van der Waals surface area contributed by atoms with Crippen LogP contribution in [0.5, 0.6) is 0 Å². The van der Waals surface area contributed by atoms with Gasteiger partial charge in [0.05, 0.1) is 23.2 Å². The number of rotatable bonds is 4. The number of nitrogens with zero attached hydrogens (tertiary/aromatic N) is 4. The van der Waals surface area contributed by atoms with Gasteiger partial charge < -0.3 is 4.84 Å². The molecule has 1 aliphatic heterocycles. The molecular weight excluding hydrogens is 336 g/mol. The van der Waals surface area contributed by atoms with E-state index in [1.54, 1.807) is 41.1 Å². The molecule has 128 valence electrons. The maximum atomic E-state index is 12.6. The van der Waals surface area contributed by atoms with Crippen LogP contribution in [0.3, 0.4) is 0 Å². The van der Waals surface area contributed by atoms with Crippen LogP contribution >= 0.6 is 0 Å². The van der Waals surface area contributed by atoms with Gasteiger partial charge in [-0.05, 0) is 23.8 Å². The van der Waals surface area contributed by atoms with Crippen molar-refractivity contribution >= 4 is 17.8 Å². The summed E-state index contributed by atoms with van der Waals surface area (Å²) in [5.74, 6) is -2.12. The van der Waals surface area contributed by atoms with Crippen molar-refractivity contribution in [1.82, 2.24) is 19.8 Å². The van der Waals surface area contributed by atoms with E-state index in [1.165, 1.54) is 24.8 Å². The number of hydrogen-bond acceptors (Lipinski definition) is 6. The molecule has 0 bridgehead atoms. The van der Waals surface area contributed by atoms with Crippen molar-refractivity contribution in [3.63, 3.8) is 0 Å². The third kappa shape index (κ3) is 2.63. The Hall–Kier alpha value is -3.81. The Balaban J connectivity index is 1.58. The van der Waals surface area contributed by atoms with Gasteiger partial charge in [-0.1, -0.05) is 35.4 Å². The van der Waals surface area contributed by atoms with Crippen LogP contribution in [-0.4, -0.2) is 37.6 Å². The minimum absolute atomic E-state index is 0.209. The van der Waals surface area contributed by atoms with Gasteiger partial charge in [0, 0.05) is 0 Å². The van der Waals surface area contributed by atoms with Crippen LogP contribution in [0.15, 0.2) is 61.2 Å². The van der Waals surface area contributed by atoms with Crippen molar-refractivity contribution in [2.45, 2.75) is 6.54 Å². The van der Waals surface area contributed by atoms with Crippen molar-refractivity contribution in [2.24, 2.45) is 0 Å². The molecule has 1 aliphatic rings. The molecule has 0 aliphatic carbocycles. The SMILES string of the molecule is O=C(ON1C(=O)c2ccccc2C1=O)c1ccccc1Cn1cncn1. The summed E-state index contributed by atoms with van der Waals surface area (Å²) in [4.78, 5) is 46.2. The van der Waals surface area contributed by atoms with E-state index in [2.05, 4.69) is 10.1 Å². The number of benzene rings is 2. The number of hydroxylamine groups is 2. The lowest BCUT2D eigenvalue weighted by Crippen LogP contribution is -2.33. The minimum Gasteiger partial charge on any atom is -0.324 e. The number of amides is 2. The molecule has 4 rings (SSSR count). The van der Waals surface area contributed by atoms with Crippen molar-refractivity contribution in [2.75, 3.05) is 0 Å². The Morgan fingerprint density at radius 3 is 2.27 bits per heavy atom. The quantitative estimate of drug-likeness (QED) is 0.666. The van der Waals surface area contributed by atoms with E-state index in [4.69, 9.17) is 4.84 Å². The highest BCUT2D eigenvalue weighted by Gasteiger charge is 2.39. The molecule has 3 aromatic rings. The van der Waals surface area contributed by atoms with Gasteiger partial charge in [0.25, 0.3) is 11.8 Å². The van der Waals surface area contributed by atoms with Gasteiger partial charge in [-0.25, -0.2) is 14.5 Å². The molecule has 2 aromatic carbocycles. The largest absolute Gasteiger partial charge is 0.364 e. The Bertz CT molecular complexity index is 979.